The van der Waals surface area contributed by atoms with Crippen molar-refractivity contribution in [1.82, 2.24) is 5.32 Å². The zero-order valence-electron chi connectivity index (χ0n) is 11.6. The van der Waals surface area contributed by atoms with Crippen LogP contribution in [0.3, 0.4) is 0 Å². The van der Waals surface area contributed by atoms with E-state index in [9.17, 15) is 5.11 Å². The van der Waals surface area contributed by atoms with Crippen molar-refractivity contribution in [3.8, 4) is 0 Å². The van der Waals surface area contributed by atoms with E-state index < -0.39 is 0 Å². The Bertz CT molecular complexity index is 386. The second kappa shape index (κ2) is 5.29. The molecule has 0 bridgehead atoms. The molecule has 0 aromatic heterocycles. The molecule has 0 aliphatic carbocycles. The maximum atomic E-state index is 9.95. The second-order valence-electron chi connectivity index (χ2n) is 5.73. The van der Waals surface area contributed by atoms with Crippen LogP contribution in [0.4, 0.5) is 5.69 Å². The first-order valence-corrected chi connectivity index (χ1v) is 6.78. The molecular formula is C15H24N2O. The molecule has 0 spiro atoms. The minimum Gasteiger partial charge on any atom is -0.390 e. The van der Waals surface area contributed by atoms with Crippen LogP contribution in [0.1, 0.15) is 26.3 Å². The summed E-state index contributed by atoms with van der Waals surface area (Å²) < 4.78 is 0. The molecule has 0 amide bonds. The Labute approximate surface area is 110 Å². The van der Waals surface area contributed by atoms with Gasteiger partial charge in [-0.25, -0.2) is 0 Å². The maximum absolute atomic E-state index is 9.95. The highest BCUT2D eigenvalue weighted by Gasteiger charge is 2.31. The number of nitrogens with zero attached hydrogens (tertiary/aromatic N) is 1. The van der Waals surface area contributed by atoms with E-state index in [0.717, 1.165) is 13.0 Å². The van der Waals surface area contributed by atoms with Crippen LogP contribution in [0.5, 0.6) is 0 Å². The summed E-state index contributed by atoms with van der Waals surface area (Å²) in [5, 5.41) is 13.3. The predicted molar refractivity (Wildman–Crippen MR) is 76.1 cm³/mol. The molecule has 1 saturated heterocycles. The van der Waals surface area contributed by atoms with E-state index in [1.165, 1.54) is 11.3 Å². The fourth-order valence-electron chi connectivity index (χ4n) is 2.53. The van der Waals surface area contributed by atoms with E-state index >= 15 is 0 Å². The van der Waals surface area contributed by atoms with Crippen LogP contribution < -0.4 is 10.2 Å². The van der Waals surface area contributed by atoms with Gasteiger partial charge in [-0.05, 0) is 38.0 Å². The van der Waals surface area contributed by atoms with Gasteiger partial charge in [0.05, 0.1) is 6.10 Å². The van der Waals surface area contributed by atoms with E-state index in [0.29, 0.717) is 13.1 Å². The molecule has 1 fully saturated rings. The fraction of sp³-hybridized carbons (Fsp3) is 0.600. The van der Waals surface area contributed by atoms with Crippen molar-refractivity contribution >= 4 is 5.69 Å². The molecule has 2 N–H and O–H groups in total. The lowest BCUT2D eigenvalue weighted by molar-refractivity contribution is 0.183. The Morgan fingerprint density at radius 1 is 1.33 bits per heavy atom. The molecule has 1 atom stereocenters. The standard InChI is InChI=1S/C15H24N2O/c1-4-12-5-7-13(8-6-12)17-10-14(18)9-16-11-15(17,2)3/h5-8,14,16,18H,4,9-11H2,1-3H3. The first-order valence-electron chi connectivity index (χ1n) is 6.78. The lowest BCUT2D eigenvalue weighted by Gasteiger charge is -2.39. The summed E-state index contributed by atoms with van der Waals surface area (Å²) in [5.41, 5.74) is 2.57. The summed E-state index contributed by atoms with van der Waals surface area (Å²) >= 11 is 0. The van der Waals surface area contributed by atoms with Gasteiger partial charge in [0.15, 0.2) is 0 Å². The minimum atomic E-state index is -0.308. The zero-order valence-corrected chi connectivity index (χ0v) is 11.6. The van der Waals surface area contributed by atoms with Crippen molar-refractivity contribution in [3.63, 3.8) is 0 Å². The predicted octanol–water partition coefficient (Wildman–Crippen LogP) is 1.80. The second-order valence-corrected chi connectivity index (χ2v) is 5.73. The maximum Gasteiger partial charge on any atom is 0.0839 e. The van der Waals surface area contributed by atoms with Crippen LogP contribution in [0.2, 0.25) is 0 Å². The highest BCUT2D eigenvalue weighted by atomic mass is 16.3. The van der Waals surface area contributed by atoms with Gasteiger partial charge in [-0.1, -0.05) is 19.1 Å². The number of aliphatic hydroxyl groups is 1. The van der Waals surface area contributed by atoms with Crippen molar-refractivity contribution < 1.29 is 5.11 Å². The quantitative estimate of drug-likeness (QED) is 0.838. The van der Waals surface area contributed by atoms with Gasteiger partial charge < -0.3 is 15.3 Å². The number of nitrogens with one attached hydrogen (secondary N) is 1. The number of benzene rings is 1. The smallest absolute Gasteiger partial charge is 0.0839 e. The van der Waals surface area contributed by atoms with Gasteiger partial charge in [0.25, 0.3) is 0 Å². The highest BCUT2D eigenvalue weighted by Crippen LogP contribution is 2.25. The summed E-state index contributed by atoms with van der Waals surface area (Å²) in [6.07, 6.45) is 0.756. The van der Waals surface area contributed by atoms with E-state index in [1.807, 2.05) is 0 Å². The van der Waals surface area contributed by atoms with Gasteiger partial charge in [-0.3, -0.25) is 0 Å². The number of anilines is 1. The Morgan fingerprint density at radius 3 is 2.61 bits per heavy atom. The first-order chi connectivity index (χ1) is 8.53. The van der Waals surface area contributed by atoms with E-state index in [1.54, 1.807) is 0 Å². The average molecular weight is 248 g/mol. The molecule has 1 aromatic rings. The van der Waals surface area contributed by atoms with Crippen molar-refractivity contribution in [2.45, 2.75) is 38.8 Å². The Balaban J connectivity index is 2.26. The zero-order chi connectivity index (χ0) is 13.2. The molecule has 0 saturated carbocycles. The lowest BCUT2D eigenvalue weighted by atomic mass is 10.0. The van der Waals surface area contributed by atoms with Crippen LogP contribution in [0, 0.1) is 0 Å². The average Bonchev–Trinajstić information content (AvgIpc) is 2.48. The van der Waals surface area contributed by atoms with Crippen molar-refractivity contribution in [2.24, 2.45) is 0 Å². The molecule has 18 heavy (non-hydrogen) atoms. The summed E-state index contributed by atoms with van der Waals surface area (Å²) in [5.74, 6) is 0. The molecule has 3 heteroatoms. The van der Waals surface area contributed by atoms with Gasteiger partial charge >= 0.3 is 0 Å². The van der Waals surface area contributed by atoms with Gasteiger partial charge in [0.1, 0.15) is 0 Å². The molecular weight excluding hydrogens is 224 g/mol. The van der Waals surface area contributed by atoms with E-state index in [-0.39, 0.29) is 11.6 Å². The van der Waals surface area contributed by atoms with Crippen molar-refractivity contribution in [2.75, 3.05) is 24.5 Å². The summed E-state index contributed by atoms with van der Waals surface area (Å²) in [6.45, 7) is 8.84. The molecule has 2 rings (SSSR count). The fourth-order valence-corrected chi connectivity index (χ4v) is 2.53. The topological polar surface area (TPSA) is 35.5 Å². The summed E-state index contributed by atoms with van der Waals surface area (Å²) in [6, 6.07) is 8.68. The minimum absolute atomic E-state index is 0.0191. The first kappa shape index (κ1) is 13.4. The number of hydrogen-bond acceptors (Lipinski definition) is 3. The van der Waals surface area contributed by atoms with Crippen LogP contribution >= 0.6 is 0 Å². The molecule has 3 nitrogen and oxygen atoms in total. The van der Waals surface area contributed by atoms with E-state index in [4.69, 9.17) is 0 Å². The molecule has 1 unspecified atom stereocenters. The SMILES string of the molecule is CCc1ccc(N2CC(O)CNCC2(C)C)cc1. The molecule has 1 heterocycles. The van der Waals surface area contributed by atoms with Crippen molar-refractivity contribution in [1.29, 1.82) is 0 Å². The summed E-state index contributed by atoms with van der Waals surface area (Å²) in [7, 11) is 0. The van der Waals surface area contributed by atoms with E-state index in [2.05, 4.69) is 55.3 Å². The normalized spacial score (nSPS) is 23.8. The number of rotatable bonds is 2. The van der Waals surface area contributed by atoms with Gasteiger partial charge in [-0.2, -0.15) is 0 Å². The van der Waals surface area contributed by atoms with Crippen molar-refractivity contribution in [3.05, 3.63) is 29.8 Å². The molecule has 100 valence electrons. The third-order valence-electron chi connectivity index (χ3n) is 3.72. The molecule has 1 aliphatic rings. The third kappa shape index (κ3) is 2.85. The Hall–Kier alpha value is -1.06. The Kier molecular flexibility index (Phi) is 3.93. The number of hydrogen-bond donors (Lipinski definition) is 2. The van der Waals surface area contributed by atoms with Crippen LogP contribution in [-0.4, -0.2) is 36.4 Å². The number of aliphatic hydroxyl groups excluding tert-OH is 1. The van der Waals surface area contributed by atoms with Gasteiger partial charge in [-0.15, -0.1) is 0 Å². The van der Waals surface area contributed by atoms with Gasteiger partial charge in [0.2, 0.25) is 0 Å². The lowest BCUT2D eigenvalue weighted by Crippen LogP contribution is -2.49. The summed E-state index contributed by atoms with van der Waals surface area (Å²) in [4.78, 5) is 2.30. The largest absolute Gasteiger partial charge is 0.390 e. The number of aryl methyl sites for hydroxylation is 1. The number of β-amino-alcohol motifs (C(OH)–C–C–N with tert-alkyl or cyclic N) is 1. The van der Waals surface area contributed by atoms with Gasteiger partial charge in [0, 0.05) is 30.9 Å². The highest BCUT2D eigenvalue weighted by molar-refractivity contribution is 5.50. The molecule has 1 aliphatic heterocycles. The van der Waals surface area contributed by atoms with Crippen LogP contribution in [0.25, 0.3) is 0 Å². The monoisotopic (exact) mass is 248 g/mol. The Morgan fingerprint density at radius 2 is 2.00 bits per heavy atom. The van der Waals surface area contributed by atoms with Crippen LogP contribution in [-0.2, 0) is 6.42 Å². The third-order valence-corrected chi connectivity index (χ3v) is 3.72. The molecule has 1 aromatic carbocycles. The molecule has 0 radical (unpaired) electrons. The van der Waals surface area contributed by atoms with Crippen LogP contribution in [0.15, 0.2) is 24.3 Å².